The molecule has 1 heterocycles. The van der Waals surface area contributed by atoms with E-state index in [1.165, 1.54) is 49.9 Å². The van der Waals surface area contributed by atoms with E-state index in [1.807, 2.05) is 35.7 Å². The molecular formula is C22H24ClNO2S. The first-order valence-electron chi connectivity index (χ1n) is 9.86. The molecule has 4 aliphatic rings. The van der Waals surface area contributed by atoms with Gasteiger partial charge in [-0.05, 0) is 79.9 Å². The molecule has 1 aromatic heterocycles. The van der Waals surface area contributed by atoms with Crippen molar-refractivity contribution in [3.05, 3.63) is 51.2 Å². The molecule has 1 N–H and O–H groups in total. The third kappa shape index (κ3) is 3.50. The maximum absolute atomic E-state index is 12.9. The molecule has 0 spiro atoms. The van der Waals surface area contributed by atoms with Crippen molar-refractivity contribution in [3.63, 3.8) is 0 Å². The smallest absolute Gasteiger partial charge is 0.261 e. The van der Waals surface area contributed by atoms with Crippen molar-refractivity contribution in [2.75, 3.05) is 0 Å². The minimum atomic E-state index is 0.0596. The first-order valence-corrected chi connectivity index (χ1v) is 11.1. The van der Waals surface area contributed by atoms with E-state index in [0.717, 1.165) is 28.2 Å². The molecule has 4 bridgehead atoms. The van der Waals surface area contributed by atoms with Crippen LogP contribution in [0.3, 0.4) is 0 Å². The van der Waals surface area contributed by atoms with Crippen LogP contribution in [0, 0.1) is 17.8 Å². The molecule has 6 rings (SSSR count). The molecule has 0 unspecified atom stereocenters. The van der Waals surface area contributed by atoms with Crippen LogP contribution in [-0.4, -0.2) is 11.4 Å². The van der Waals surface area contributed by atoms with Crippen LogP contribution in [0.5, 0.6) is 5.75 Å². The van der Waals surface area contributed by atoms with Crippen LogP contribution < -0.4 is 10.1 Å². The second-order valence-electron chi connectivity index (χ2n) is 8.69. The highest BCUT2D eigenvalue weighted by Crippen LogP contribution is 2.55. The van der Waals surface area contributed by atoms with Crippen LogP contribution in [0.15, 0.2) is 35.7 Å². The summed E-state index contributed by atoms with van der Waals surface area (Å²) < 4.78 is 5.79. The van der Waals surface area contributed by atoms with Gasteiger partial charge in [0.05, 0.1) is 9.90 Å². The fourth-order valence-corrected chi connectivity index (χ4v) is 6.84. The van der Waals surface area contributed by atoms with Gasteiger partial charge in [0, 0.05) is 11.1 Å². The molecule has 1 aromatic carbocycles. The van der Waals surface area contributed by atoms with E-state index in [9.17, 15) is 4.79 Å². The summed E-state index contributed by atoms with van der Waals surface area (Å²) in [4.78, 5) is 13.7. The number of hydrogen-bond acceptors (Lipinski definition) is 3. The molecule has 0 atom stereocenters. The Morgan fingerprint density at radius 1 is 1.15 bits per heavy atom. The van der Waals surface area contributed by atoms with Gasteiger partial charge >= 0.3 is 0 Å². The number of benzene rings is 1. The number of para-hydroxylation sites is 1. The molecule has 142 valence electrons. The Kier molecular flexibility index (Phi) is 4.44. The monoisotopic (exact) mass is 401 g/mol. The van der Waals surface area contributed by atoms with Crippen molar-refractivity contribution < 1.29 is 9.53 Å². The maximum atomic E-state index is 12.9. The van der Waals surface area contributed by atoms with Gasteiger partial charge in [-0.25, -0.2) is 0 Å². The summed E-state index contributed by atoms with van der Waals surface area (Å²) in [5.74, 6) is 3.26. The number of carbonyl (C=O) groups is 1. The van der Waals surface area contributed by atoms with E-state index in [1.54, 1.807) is 0 Å². The van der Waals surface area contributed by atoms with Gasteiger partial charge in [-0.15, -0.1) is 11.3 Å². The lowest BCUT2D eigenvalue weighted by Crippen LogP contribution is -2.59. The fraction of sp³-hybridized carbons (Fsp3) is 0.500. The van der Waals surface area contributed by atoms with E-state index >= 15 is 0 Å². The zero-order chi connectivity index (χ0) is 18.4. The van der Waals surface area contributed by atoms with E-state index in [2.05, 4.69) is 5.32 Å². The average Bonchev–Trinajstić information content (AvgIpc) is 3.09. The Balaban J connectivity index is 1.23. The summed E-state index contributed by atoms with van der Waals surface area (Å²) >= 11 is 7.63. The minimum Gasteiger partial charge on any atom is -0.487 e. The molecule has 3 nitrogen and oxygen atoms in total. The average molecular weight is 402 g/mol. The Morgan fingerprint density at radius 3 is 2.48 bits per heavy atom. The van der Waals surface area contributed by atoms with Crippen LogP contribution in [0.2, 0.25) is 5.02 Å². The van der Waals surface area contributed by atoms with Crippen LogP contribution in [0.4, 0.5) is 0 Å². The SMILES string of the molecule is O=C(NC12CC3CC(CC(C3)C1)C2)c1cc(COc2ccccc2Cl)cs1. The Labute approximate surface area is 169 Å². The number of nitrogens with one attached hydrogen (secondary N) is 1. The van der Waals surface area contributed by atoms with Crippen LogP contribution in [0.25, 0.3) is 0 Å². The zero-order valence-corrected chi connectivity index (χ0v) is 16.8. The molecule has 0 aliphatic heterocycles. The van der Waals surface area contributed by atoms with Gasteiger partial charge < -0.3 is 10.1 Å². The number of carbonyl (C=O) groups excluding carboxylic acids is 1. The van der Waals surface area contributed by atoms with Crippen LogP contribution >= 0.6 is 22.9 Å². The van der Waals surface area contributed by atoms with Crippen LogP contribution in [0.1, 0.15) is 53.8 Å². The van der Waals surface area contributed by atoms with Crippen molar-refractivity contribution in [2.45, 2.75) is 50.7 Å². The first-order chi connectivity index (χ1) is 13.1. The Bertz CT molecular complexity index is 826. The first kappa shape index (κ1) is 17.6. The van der Waals surface area contributed by atoms with Gasteiger partial charge in [-0.3, -0.25) is 4.79 Å². The third-order valence-electron chi connectivity index (χ3n) is 6.53. The summed E-state index contributed by atoms with van der Waals surface area (Å²) in [6.45, 7) is 0.422. The van der Waals surface area contributed by atoms with Gasteiger partial charge in [0.1, 0.15) is 12.4 Å². The van der Waals surface area contributed by atoms with Gasteiger partial charge in [0.2, 0.25) is 0 Å². The predicted molar refractivity (Wildman–Crippen MR) is 108 cm³/mol. The summed E-state index contributed by atoms with van der Waals surface area (Å²) in [6, 6.07) is 9.41. The molecular weight excluding hydrogens is 378 g/mol. The normalized spacial score (nSPS) is 31.1. The molecule has 2 aromatic rings. The van der Waals surface area contributed by atoms with Gasteiger partial charge in [0.25, 0.3) is 5.91 Å². The lowest BCUT2D eigenvalue weighted by atomic mass is 9.53. The van der Waals surface area contributed by atoms with Crippen molar-refractivity contribution in [2.24, 2.45) is 17.8 Å². The van der Waals surface area contributed by atoms with E-state index in [0.29, 0.717) is 17.4 Å². The lowest BCUT2D eigenvalue weighted by molar-refractivity contribution is -0.0166. The molecule has 4 aliphatic carbocycles. The number of thiophene rings is 1. The molecule has 0 radical (unpaired) electrons. The molecule has 1 amide bonds. The topological polar surface area (TPSA) is 38.3 Å². The summed E-state index contributed by atoms with van der Waals surface area (Å²) in [6.07, 6.45) is 7.70. The minimum absolute atomic E-state index is 0.0596. The van der Waals surface area contributed by atoms with Gasteiger partial charge in [-0.2, -0.15) is 0 Å². The fourth-order valence-electron chi connectivity index (χ4n) is 5.86. The van der Waals surface area contributed by atoms with Crippen molar-refractivity contribution in [3.8, 4) is 5.75 Å². The van der Waals surface area contributed by atoms with Gasteiger partial charge in [0.15, 0.2) is 0 Å². The number of halogens is 1. The third-order valence-corrected chi connectivity index (χ3v) is 7.82. The Hall–Kier alpha value is -1.52. The highest BCUT2D eigenvalue weighted by atomic mass is 35.5. The van der Waals surface area contributed by atoms with Crippen molar-refractivity contribution >= 4 is 28.8 Å². The molecule has 5 heteroatoms. The van der Waals surface area contributed by atoms with Crippen LogP contribution in [-0.2, 0) is 6.61 Å². The number of hydrogen-bond donors (Lipinski definition) is 1. The number of rotatable bonds is 5. The van der Waals surface area contributed by atoms with E-state index < -0.39 is 0 Å². The number of amides is 1. The second-order valence-corrected chi connectivity index (χ2v) is 10.0. The highest BCUT2D eigenvalue weighted by molar-refractivity contribution is 7.12. The molecule has 4 saturated carbocycles. The van der Waals surface area contributed by atoms with Gasteiger partial charge in [-0.1, -0.05) is 23.7 Å². The van der Waals surface area contributed by atoms with E-state index in [-0.39, 0.29) is 11.4 Å². The molecule has 27 heavy (non-hydrogen) atoms. The molecule has 4 fully saturated rings. The highest BCUT2D eigenvalue weighted by Gasteiger charge is 2.51. The van der Waals surface area contributed by atoms with Crippen molar-refractivity contribution in [1.82, 2.24) is 5.32 Å². The largest absolute Gasteiger partial charge is 0.487 e. The summed E-state index contributed by atoms with van der Waals surface area (Å²) in [5, 5.41) is 6.06. The summed E-state index contributed by atoms with van der Waals surface area (Å²) in [7, 11) is 0. The maximum Gasteiger partial charge on any atom is 0.261 e. The van der Waals surface area contributed by atoms with E-state index in [4.69, 9.17) is 16.3 Å². The predicted octanol–water partition coefficient (Wildman–Crippen LogP) is 5.68. The quantitative estimate of drug-likeness (QED) is 0.699. The zero-order valence-electron chi connectivity index (χ0n) is 15.2. The Morgan fingerprint density at radius 2 is 1.81 bits per heavy atom. The summed E-state index contributed by atoms with van der Waals surface area (Å²) in [5.41, 5.74) is 1.07. The lowest BCUT2D eigenvalue weighted by Gasteiger charge is -2.56. The second kappa shape index (κ2) is 6.82. The van der Waals surface area contributed by atoms with Crippen molar-refractivity contribution in [1.29, 1.82) is 0 Å². The molecule has 0 saturated heterocycles. The standard InChI is InChI=1S/C22H24ClNO2S/c23-18-3-1-2-4-19(18)26-12-17-8-20(27-13-17)21(25)24-22-9-14-5-15(10-22)7-16(6-14)11-22/h1-4,8,13-16H,5-7,9-12H2,(H,24,25). The number of ether oxygens (including phenoxy) is 1.